The van der Waals surface area contributed by atoms with Crippen molar-refractivity contribution in [2.75, 3.05) is 0 Å². The average Bonchev–Trinajstić information content (AvgIpc) is 0.918. The first kappa shape index (κ1) is 8.88. The molecule has 0 heterocycles. The molecule has 0 radical (unpaired) electrons. The van der Waals surface area contributed by atoms with Crippen LogP contribution >= 0.6 is 0 Å². The fourth-order valence-electron chi connectivity index (χ4n) is 0. The molecular weight excluding hydrogens is 64.1 g/mol. The Labute approximate surface area is 31.0 Å². The summed E-state index contributed by atoms with van der Waals surface area (Å²) in [4.78, 5) is 0. The number of hydrogen-bond acceptors (Lipinski definition) is 0. The molecule has 1 heteroatoms. The maximum absolute atomic E-state index is 2.26. The van der Waals surface area contributed by atoms with E-state index in [9.17, 15) is 0 Å². The van der Waals surface area contributed by atoms with E-state index in [0.29, 0.717) is 9.52 Å². The predicted molar refractivity (Wildman–Crippen MR) is 27.0 cm³/mol. The third-order valence-corrected chi connectivity index (χ3v) is 0. The quantitative estimate of drug-likeness (QED) is 0.376. The average molecular weight is 76.2 g/mol. The highest BCUT2D eigenvalue weighted by atomic mass is 28.2. The zero-order valence-electron chi connectivity index (χ0n) is 2.71. The van der Waals surface area contributed by atoms with Crippen LogP contribution < -0.4 is 0 Å². The Bertz CT molecular complexity index is 3.25. The van der Waals surface area contributed by atoms with Gasteiger partial charge in [-0.2, -0.15) is 0 Å². The molecule has 0 rings (SSSR count). The molecule has 0 N–H and O–H groups in total. The summed E-state index contributed by atoms with van der Waals surface area (Å²) in [6.07, 6.45) is 0. The van der Waals surface area contributed by atoms with E-state index >= 15 is 0 Å². The van der Waals surface area contributed by atoms with Crippen molar-refractivity contribution in [3.05, 3.63) is 0 Å². The summed E-state index contributed by atoms with van der Waals surface area (Å²) in [5.41, 5.74) is 0. The van der Waals surface area contributed by atoms with Crippen molar-refractivity contribution in [1.29, 1.82) is 0 Å². The van der Waals surface area contributed by atoms with Crippen LogP contribution in [-0.4, -0.2) is 9.52 Å². The van der Waals surface area contributed by atoms with Crippen molar-refractivity contribution in [3.63, 3.8) is 0 Å². The van der Waals surface area contributed by atoms with Crippen LogP contribution in [0.3, 0.4) is 0 Å². The molecule has 0 saturated heterocycles. The van der Waals surface area contributed by atoms with Gasteiger partial charge in [0, 0.05) is 9.52 Å². The molecular formula is C3H12Si. The summed E-state index contributed by atoms with van der Waals surface area (Å²) in [6, 6.07) is 0. The van der Waals surface area contributed by atoms with Crippen LogP contribution in [0.5, 0.6) is 0 Å². The second kappa shape index (κ2) is 10.7. The van der Waals surface area contributed by atoms with E-state index in [4.69, 9.17) is 0 Å². The predicted octanol–water partition coefficient (Wildman–Crippen LogP) is 0.887. The Hall–Kier alpha value is 0.217. The normalized spacial score (nSPS) is 4.50. The van der Waals surface area contributed by atoms with Crippen LogP contribution in [0.1, 0.15) is 7.43 Å². The van der Waals surface area contributed by atoms with E-state index in [1.807, 2.05) is 0 Å². The smallest absolute Gasteiger partial charge is 0.0135 e. The lowest BCUT2D eigenvalue weighted by Crippen LogP contribution is -1.53. The van der Waals surface area contributed by atoms with E-state index < -0.39 is 0 Å². The summed E-state index contributed by atoms with van der Waals surface area (Å²) in [7, 11) is 0.417. The molecule has 0 nitrogen and oxygen atoms in total. The summed E-state index contributed by atoms with van der Waals surface area (Å²) in [6.45, 7) is 4.53. The minimum Gasteiger partial charge on any atom is -0.0776 e. The summed E-state index contributed by atoms with van der Waals surface area (Å²) < 4.78 is 0. The van der Waals surface area contributed by atoms with Gasteiger partial charge in [-0.25, -0.2) is 0 Å². The van der Waals surface area contributed by atoms with Gasteiger partial charge in [0.25, 0.3) is 0 Å². The molecule has 4 heavy (non-hydrogen) atoms. The number of rotatable bonds is 0. The lowest BCUT2D eigenvalue weighted by atomic mass is 11.9. The first-order chi connectivity index (χ1) is 1.41. The first-order valence-electron chi connectivity index (χ1n) is 1.41. The largest absolute Gasteiger partial charge is 0.0776 e. The molecule has 0 aliphatic carbocycles. The van der Waals surface area contributed by atoms with Crippen molar-refractivity contribution < 1.29 is 0 Å². The van der Waals surface area contributed by atoms with E-state index in [1.165, 1.54) is 0 Å². The Balaban J connectivity index is 0. The minimum atomic E-state index is 0. The van der Waals surface area contributed by atoms with Gasteiger partial charge in [-0.3, -0.25) is 0 Å². The topological polar surface area (TPSA) is 0 Å². The van der Waals surface area contributed by atoms with Gasteiger partial charge in [-0.1, -0.05) is 20.5 Å². The van der Waals surface area contributed by atoms with Gasteiger partial charge < -0.3 is 0 Å². The Morgan fingerprint density at radius 1 is 1.25 bits per heavy atom. The van der Waals surface area contributed by atoms with Crippen LogP contribution in [0.15, 0.2) is 0 Å². The second-order valence-electron chi connectivity index (χ2n) is 0.707. The van der Waals surface area contributed by atoms with Crippen molar-refractivity contribution in [3.8, 4) is 0 Å². The summed E-state index contributed by atoms with van der Waals surface area (Å²) in [5, 5.41) is 0. The highest BCUT2D eigenvalue weighted by Gasteiger charge is 1.38. The van der Waals surface area contributed by atoms with E-state index in [0.717, 1.165) is 0 Å². The molecule has 0 fully saturated rings. The standard InChI is InChI=1S/C2H8Si.CH4/c1-3-2;/h3H2,1-2H3;1H4. The molecule has 0 saturated carbocycles. The molecule has 28 valence electrons. The fraction of sp³-hybridized carbons (Fsp3) is 1.00. The van der Waals surface area contributed by atoms with Crippen molar-refractivity contribution >= 4 is 9.52 Å². The Morgan fingerprint density at radius 3 is 1.25 bits per heavy atom. The van der Waals surface area contributed by atoms with E-state index in [-0.39, 0.29) is 7.43 Å². The summed E-state index contributed by atoms with van der Waals surface area (Å²) in [5.74, 6) is 0. The van der Waals surface area contributed by atoms with Gasteiger partial charge in [0.15, 0.2) is 0 Å². The molecule has 0 aromatic rings. The molecule has 0 aromatic carbocycles. The molecule has 0 atom stereocenters. The van der Waals surface area contributed by atoms with Crippen LogP contribution in [0.4, 0.5) is 0 Å². The van der Waals surface area contributed by atoms with Crippen molar-refractivity contribution in [2.45, 2.75) is 20.5 Å². The molecule has 0 unspecified atom stereocenters. The zero-order valence-corrected chi connectivity index (χ0v) is 4.12. The van der Waals surface area contributed by atoms with Gasteiger partial charge in [-0.05, 0) is 0 Å². The Morgan fingerprint density at radius 2 is 1.25 bits per heavy atom. The van der Waals surface area contributed by atoms with Crippen LogP contribution in [0.25, 0.3) is 0 Å². The monoisotopic (exact) mass is 76.1 g/mol. The van der Waals surface area contributed by atoms with Crippen LogP contribution in [0.2, 0.25) is 13.1 Å². The van der Waals surface area contributed by atoms with E-state index in [2.05, 4.69) is 13.1 Å². The van der Waals surface area contributed by atoms with Gasteiger partial charge in [0.1, 0.15) is 0 Å². The lowest BCUT2D eigenvalue weighted by Gasteiger charge is -1.45. The van der Waals surface area contributed by atoms with Gasteiger partial charge in [0.2, 0.25) is 0 Å². The van der Waals surface area contributed by atoms with Crippen LogP contribution in [0, 0.1) is 0 Å². The summed E-state index contributed by atoms with van der Waals surface area (Å²) >= 11 is 0. The molecule has 0 spiro atoms. The van der Waals surface area contributed by atoms with Crippen LogP contribution in [-0.2, 0) is 0 Å². The third-order valence-electron chi connectivity index (χ3n) is 0. The first-order valence-corrected chi connectivity index (χ1v) is 4.24. The Kier molecular flexibility index (Phi) is 23.7. The van der Waals surface area contributed by atoms with Crippen molar-refractivity contribution in [1.82, 2.24) is 0 Å². The highest BCUT2D eigenvalue weighted by molar-refractivity contribution is 6.31. The maximum atomic E-state index is 2.26. The maximum Gasteiger partial charge on any atom is 0.0135 e. The zero-order chi connectivity index (χ0) is 2.71. The van der Waals surface area contributed by atoms with Gasteiger partial charge in [0.05, 0.1) is 0 Å². The minimum absolute atomic E-state index is 0. The van der Waals surface area contributed by atoms with Gasteiger partial charge >= 0.3 is 0 Å². The second-order valence-corrected chi connectivity index (χ2v) is 2.12. The molecule has 0 amide bonds. The van der Waals surface area contributed by atoms with Gasteiger partial charge in [-0.15, -0.1) is 0 Å². The molecule has 0 aliphatic rings. The fourth-order valence-corrected chi connectivity index (χ4v) is 0. The highest BCUT2D eigenvalue weighted by Crippen LogP contribution is 1.36. The lowest BCUT2D eigenvalue weighted by molar-refractivity contribution is 2.14. The molecule has 0 aliphatic heterocycles. The third kappa shape index (κ3) is 69.8. The SMILES string of the molecule is C.C[SiH2]C. The molecule has 0 bridgehead atoms. The van der Waals surface area contributed by atoms with E-state index in [1.54, 1.807) is 0 Å². The van der Waals surface area contributed by atoms with Crippen molar-refractivity contribution in [2.24, 2.45) is 0 Å². The molecule has 0 aromatic heterocycles. The number of hydrogen-bond donors (Lipinski definition) is 0.